The molecule has 0 aromatic heterocycles. The van der Waals surface area contributed by atoms with E-state index in [1.54, 1.807) is 24.3 Å². The summed E-state index contributed by atoms with van der Waals surface area (Å²) in [4.78, 5) is 25.3. The third-order valence-electron chi connectivity index (χ3n) is 4.87. The number of hydrogen-bond acceptors (Lipinski definition) is 5. The second-order valence-corrected chi connectivity index (χ2v) is 9.09. The molecule has 0 heterocycles. The van der Waals surface area contributed by atoms with E-state index in [9.17, 15) is 22.4 Å². The number of hydrogen-bond donors (Lipinski definition) is 2. The topological polar surface area (TPSA) is 92.3 Å². The van der Waals surface area contributed by atoms with Crippen LogP contribution in [0.1, 0.15) is 20.7 Å². The Morgan fingerprint density at radius 1 is 0.774 bits per heavy atom. The van der Waals surface area contributed by atoms with Gasteiger partial charge in [0.25, 0.3) is 10.0 Å². The minimum absolute atomic E-state index is 0.0267. The van der Waals surface area contributed by atoms with Gasteiger partial charge in [-0.2, -0.15) is 0 Å². The summed E-state index contributed by atoms with van der Waals surface area (Å²) in [5, 5.41) is 1.84. The molecule has 6 nitrogen and oxygen atoms in total. The highest BCUT2D eigenvalue weighted by molar-refractivity contribution is 7.92. The maximum atomic E-state index is 13.0. The van der Waals surface area contributed by atoms with Crippen molar-refractivity contribution in [3.8, 4) is 0 Å². The molecule has 2 atom stereocenters. The molecule has 31 heavy (non-hydrogen) atoms. The Balaban J connectivity index is 1.53. The fourth-order valence-electron chi connectivity index (χ4n) is 3.29. The zero-order chi connectivity index (χ0) is 22.2. The van der Waals surface area contributed by atoms with Gasteiger partial charge in [0.2, 0.25) is 0 Å². The Hall–Kier alpha value is -3.23. The van der Waals surface area contributed by atoms with Crippen molar-refractivity contribution in [1.29, 1.82) is 0 Å². The summed E-state index contributed by atoms with van der Waals surface area (Å²) in [6, 6.07) is 16.1. The molecular formula is C22H16ClFN2O4S. The van der Waals surface area contributed by atoms with Gasteiger partial charge >= 0.3 is 0 Å². The Morgan fingerprint density at radius 2 is 1.32 bits per heavy atom. The van der Waals surface area contributed by atoms with E-state index < -0.39 is 27.3 Å². The van der Waals surface area contributed by atoms with Gasteiger partial charge in [-0.25, -0.2) is 12.8 Å². The van der Waals surface area contributed by atoms with Crippen LogP contribution in [0.25, 0.3) is 0 Å². The zero-order valence-electron chi connectivity index (χ0n) is 15.9. The molecule has 0 bridgehead atoms. The highest BCUT2D eigenvalue weighted by Gasteiger charge is 2.40. The first kappa shape index (κ1) is 21.0. The number of alkyl halides is 1. The predicted octanol–water partition coefficient (Wildman–Crippen LogP) is 4.09. The van der Waals surface area contributed by atoms with Gasteiger partial charge in [-0.05, 0) is 48.5 Å². The molecule has 0 amide bonds. The Bertz CT molecular complexity index is 1260. The van der Waals surface area contributed by atoms with E-state index in [1.807, 2.05) is 0 Å². The summed E-state index contributed by atoms with van der Waals surface area (Å²) in [5.74, 6) is -1.14. The maximum Gasteiger partial charge on any atom is 0.261 e. The quantitative estimate of drug-likeness (QED) is 0.562. The average molecular weight is 459 g/mol. The van der Waals surface area contributed by atoms with Crippen LogP contribution in [0.15, 0.2) is 77.7 Å². The molecule has 0 saturated carbocycles. The monoisotopic (exact) mass is 458 g/mol. The number of carbonyl (C=O) groups excluding carboxylic acids is 2. The molecule has 0 spiro atoms. The summed E-state index contributed by atoms with van der Waals surface area (Å²) in [7, 11) is -3.89. The summed E-state index contributed by atoms with van der Waals surface area (Å²) in [6.45, 7) is 0. The van der Waals surface area contributed by atoms with Crippen molar-refractivity contribution in [2.45, 2.75) is 16.3 Å². The second-order valence-electron chi connectivity index (χ2n) is 6.93. The molecule has 3 aromatic rings. The van der Waals surface area contributed by atoms with E-state index >= 15 is 0 Å². The van der Waals surface area contributed by atoms with Crippen LogP contribution in [-0.4, -0.2) is 31.4 Å². The summed E-state index contributed by atoms with van der Waals surface area (Å²) in [6.07, 6.45) is 0. The fraction of sp³-hybridized carbons (Fsp3) is 0.0909. The van der Waals surface area contributed by atoms with Crippen molar-refractivity contribution in [2.24, 2.45) is 0 Å². The summed E-state index contributed by atoms with van der Waals surface area (Å²) in [5.41, 5.74) is 1.24. The SMILES string of the molecule is O=C1c2ccccc2C(=O)C(Nc2ccc(S(=O)(=O)Nc3ccc(F)cc3)cc2)C1Cl. The lowest BCUT2D eigenvalue weighted by molar-refractivity contribution is 0.0881. The number of ketones is 2. The van der Waals surface area contributed by atoms with Crippen LogP contribution in [0.5, 0.6) is 0 Å². The number of rotatable bonds is 5. The summed E-state index contributed by atoms with van der Waals surface area (Å²) >= 11 is 6.25. The first-order chi connectivity index (χ1) is 14.8. The van der Waals surface area contributed by atoms with Crippen LogP contribution >= 0.6 is 11.6 Å². The zero-order valence-corrected chi connectivity index (χ0v) is 17.5. The summed E-state index contributed by atoms with van der Waals surface area (Å²) < 4.78 is 40.4. The lowest BCUT2D eigenvalue weighted by atomic mass is 9.85. The molecule has 0 saturated heterocycles. The van der Waals surface area contributed by atoms with Crippen molar-refractivity contribution >= 4 is 44.6 Å². The average Bonchev–Trinajstić information content (AvgIpc) is 2.77. The number of halogens is 2. The maximum absolute atomic E-state index is 13.0. The number of nitrogens with one attached hydrogen (secondary N) is 2. The van der Waals surface area contributed by atoms with Crippen molar-refractivity contribution in [3.05, 3.63) is 89.7 Å². The van der Waals surface area contributed by atoms with Gasteiger partial charge in [-0.1, -0.05) is 24.3 Å². The molecule has 1 aliphatic rings. The van der Waals surface area contributed by atoms with Gasteiger partial charge in [0.1, 0.15) is 17.2 Å². The Morgan fingerprint density at radius 3 is 1.94 bits per heavy atom. The van der Waals surface area contributed by atoms with Crippen LogP contribution in [0.2, 0.25) is 0 Å². The van der Waals surface area contributed by atoms with Gasteiger partial charge in [0, 0.05) is 22.5 Å². The molecule has 2 N–H and O–H groups in total. The van der Waals surface area contributed by atoms with E-state index in [0.717, 1.165) is 12.1 Å². The van der Waals surface area contributed by atoms with Gasteiger partial charge in [0.05, 0.1) is 4.90 Å². The van der Waals surface area contributed by atoms with Crippen LogP contribution in [0, 0.1) is 5.82 Å². The molecule has 9 heteroatoms. The van der Waals surface area contributed by atoms with Crippen molar-refractivity contribution in [3.63, 3.8) is 0 Å². The third kappa shape index (κ3) is 4.17. The fourth-order valence-corrected chi connectivity index (χ4v) is 4.65. The van der Waals surface area contributed by atoms with E-state index in [0.29, 0.717) is 16.8 Å². The number of carbonyl (C=O) groups is 2. The standard InChI is InChI=1S/C22H16ClFN2O4S/c23-19-20(22(28)18-4-2-1-3-17(18)21(19)27)25-14-9-11-16(12-10-14)31(29,30)26-15-7-5-13(24)6-8-15/h1-12,19-20,25-26H. The van der Waals surface area contributed by atoms with Crippen molar-refractivity contribution < 1.29 is 22.4 Å². The highest BCUT2D eigenvalue weighted by Crippen LogP contribution is 2.28. The number of fused-ring (bicyclic) bond motifs is 1. The highest BCUT2D eigenvalue weighted by atomic mass is 35.5. The van der Waals surface area contributed by atoms with E-state index in [1.165, 1.54) is 36.4 Å². The lowest BCUT2D eigenvalue weighted by Gasteiger charge is -2.28. The molecule has 0 aliphatic heterocycles. The number of Topliss-reactive ketones (excluding diaryl/α,β-unsaturated/α-hetero) is 2. The molecule has 0 radical (unpaired) electrons. The van der Waals surface area contributed by atoms with Crippen LogP contribution < -0.4 is 10.0 Å². The second kappa shape index (κ2) is 8.13. The Kier molecular flexibility index (Phi) is 5.51. The van der Waals surface area contributed by atoms with Crippen molar-refractivity contribution in [2.75, 3.05) is 10.0 Å². The molecule has 158 valence electrons. The normalized spacial score (nSPS) is 18.4. The Labute approximate surface area is 183 Å². The molecule has 1 aliphatic carbocycles. The van der Waals surface area contributed by atoms with Crippen LogP contribution in [-0.2, 0) is 10.0 Å². The first-order valence-corrected chi connectivity index (χ1v) is 11.1. The molecule has 3 aromatic carbocycles. The lowest BCUT2D eigenvalue weighted by Crippen LogP contribution is -2.46. The number of sulfonamides is 1. The molecular weight excluding hydrogens is 443 g/mol. The van der Waals surface area contributed by atoms with Gasteiger partial charge in [-0.3, -0.25) is 14.3 Å². The first-order valence-electron chi connectivity index (χ1n) is 9.23. The van der Waals surface area contributed by atoms with E-state index in [2.05, 4.69) is 10.0 Å². The third-order valence-corrected chi connectivity index (χ3v) is 6.71. The van der Waals surface area contributed by atoms with Gasteiger partial charge < -0.3 is 5.32 Å². The number of anilines is 2. The van der Waals surface area contributed by atoms with E-state index in [4.69, 9.17) is 11.6 Å². The van der Waals surface area contributed by atoms with Crippen LogP contribution in [0.4, 0.5) is 15.8 Å². The predicted molar refractivity (Wildman–Crippen MR) is 116 cm³/mol. The molecule has 4 rings (SSSR count). The minimum atomic E-state index is -3.89. The van der Waals surface area contributed by atoms with Crippen LogP contribution in [0.3, 0.4) is 0 Å². The largest absolute Gasteiger partial charge is 0.373 e. The van der Waals surface area contributed by atoms with Crippen molar-refractivity contribution in [1.82, 2.24) is 0 Å². The van der Waals surface area contributed by atoms with Gasteiger partial charge in [-0.15, -0.1) is 11.6 Å². The molecule has 0 fully saturated rings. The van der Waals surface area contributed by atoms with E-state index in [-0.39, 0.29) is 22.1 Å². The molecule has 2 unspecified atom stereocenters. The number of benzene rings is 3. The van der Waals surface area contributed by atoms with Gasteiger partial charge in [0.15, 0.2) is 11.6 Å². The minimum Gasteiger partial charge on any atom is -0.373 e. The smallest absolute Gasteiger partial charge is 0.261 e.